The number of nitrogens with zero attached hydrogens (tertiary/aromatic N) is 1. The molecule has 0 bridgehead atoms. The van der Waals surface area contributed by atoms with Crippen LogP contribution < -0.4 is 0 Å². The molecule has 0 aromatic heterocycles. The van der Waals surface area contributed by atoms with Crippen molar-refractivity contribution in [2.75, 3.05) is 6.54 Å². The van der Waals surface area contributed by atoms with Gasteiger partial charge in [0.2, 0.25) is 5.91 Å². The predicted molar refractivity (Wildman–Crippen MR) is 79.6 cm³/mol. The number of amides is 1. The number of carboxylic acids is 1. The highest BCUT2D eigenvalue weighted by molar-refractivity contribution is 5.84. The number of carboxylic acid groups (broad SMARTS) is 1. The largest absolute Gasteiger partial charge is 0.480 e. The van der Waals surface area contributed by atoms with Gasteiger partial charge < -0.3 is 10.0 Å². The molecule has 0 aromatic carbocycles. The van der Waals surface area contributed by atoms with Gasteiger partial charge in [0.15, 0.2) is 0 Å². The molecule has 1 rings (SSSR count). The minimum atomic E-state index is -0.844. The molecular formula is C16H29NO3. The Balaban J connectivity index is 2.14. The SMILES string of the molecule is CCCCCCCCCCC(C(=O)O)N1CCCC1=O. The van der Waals surface area contributed by atoms with E-state index >= 15 is 0 Å². The molecule has 0 aromatic rings. The van der Waals surface area contributed by atoms with Crippen LogP contribution in [0.2, 0.25) is 0 Å². The van der Waals surface area contributed by atoms with Crippen LogP contribution in [0.25, 0.3) is 0 Å². The molecule has 0 radical (unpaired) electrons. The molecule has 20 heavy (non-hydrogen) atoms. The van der Waals surface area contributed by atoms with Crippen LogP contribution in [0.5, 0.6) is 0 Å². The number of hydrogen-bond donors (Lipinski definition) is 1. The molecule has 1 unspecified atom stereocenters. The predicted octanol–water partition coefficient (Wildman–Crippen LogP) is 3.59. The third-order valence-electron chi connectivity index (χ3n) is 4.10. The molecule has 1 saturated heterocycles. The van der Waals surface area contributed by atoms with Crippen molar-refractivity contribution in [2.24, 2.45) is 0 Å². The van der Waals surface area contributed by atoms with Crippen LogP contribution in [0.3, 0.4) is 0 Å². The standard InChI is InChI=1S/C16H29NO3/c1-2-3-4-5-6-7-8-9-11-14(16(19)20)17-13-10-12-15(17)18/h14H,2-13H2,1H3,(H,19,20). The van der Waals surface area contributed by atoms with E-state index < -0.39 is 12.0 Å². The van der Waals surface area contributed by atoms with Crippen molar-refractivity contribution in [3.05, 3.63) is 0 Å². The molecule has 4 nitrogen and oxygen atoms in total. The van der Waals surface area contributed by atoms with Gasteiger partial charge in [-0.2, -0.15) is 0 Å². The lowest BCUT2D eigenvalue weighted by Crippen LogP contribution is -2.41. The van der Waals surface area contributed by atoms with Gasteiger partial charge in [0.05, 0.1) is 0 Å². The molecule has 1 N–H and O–H groups in total. The first-order valence-electron chi connectivity index (χ1n) is 8.19. The summed E-state index contributed by atoms with van der Waals surface area (Å²) in [7, 11) is 0. The van der Waals surface area contributed by atoms with Crippen LogP contribution in [0.4, 0.5) is 0 Å². The molecule has 0 aliphatic carbocycles. The normalized spacial score (nSPS) is 16.6. The van der Waals surface area contributed by atoms with Crippen molar-refractivity contribution >= 4 is 11.9 Å². The Morgan fingerprint density at radius 2 is 1.75 bits per heavy atom. The summed E-state index contributed by atoms with van der Waals surface area (Å²) in [5.41, 5.74) is 0. The van der Waals surface area contributed by atoms with Gasteiger partial charge in [0.25, 0.3) is 0 Å². The summed E-state index contributed by atoms with van der Waals surface area (Å²) < 4.78 is 0. The maximum Gasteiger partial charge on any atom is 0.326 e. The van der Waals surface area contributed by atoms with Gasteiger partial charge in [-0.05, 0) is 12.8 Å². The van der Waals surface area contributed by atoms with Crippen molar-refractivity contribution in [2.45, 2.75) is 83.6 Å². The van der Waals surface area contributed by atoms with E-state index in [2.05, 4.69) is 6.92 Å². The molecule has 116 valence electrons. The van der Waals surface area contributed by atoms with E-state index in [1.54, 1.807) is 4.90 Å². The van der Waals surface area contributed by atoms with Gasteiger partial charge in [-0.15, -0.1) is 0 Å². The average Bonchev–Trinajstić information content (AvgIpc) is 2.83. The Hall–Kier alpha value is -1.06. The summed E-state index contributed by atoms with van der Waals surface area (Å²) in [4.78, 5) is 24.5. The van der Waals surface area contributed by atoms with Gasteiger partial charge in [0.1, 0.15) is 6.04 Å². The van der Waals surface area contributed by atoms with Crippen LogP contribution in [0.15, 0.2) is 0 Å². The topological polar surface area (TPSA) is 57.6 Å². The van der Waals surface area contributed by atoms with E-state index in [0.29, 0.717) is 19.4 Å². The van der Waals surface area contributed by atoms with E-state index in [1.165, 1.54) is 38.5 Å². The summed E-state index contributed by atoms with van der Waals surface area (Å²) >= 11 is 0. The number of unbranched alkanes of at least 4 members (excludes halogenated alkanes) is 7. The van der Waals surface area contributed by atoms with Gasteiger partial charge in [-0.25, -0.2) is 4.79 Å². The maximum absolute atomic E-state index is 11.6. The van der Waals surface area contributed by atoms with E-state index in [9.17, 15) is 14.7 Å². The summed E-state index contributed by atoms with van der Waals surface area (Å²) in [5, 5.41) is 9.26. The van der Waals surface area contributed by atoms with Crippen LogP contribution in [-0.4, -0.2) is 34.5 Å². The molecule has 0 spiro atoms. The molecule has 0 saturated carbocycles. The Kier molecular flexibility index (Phi) is 8.31. The monoisotopic (exact) mass is 283 g/mol. The van der Waals surface area contributed by atoms with Crippen LogP contribution in [0.1, 0.15) is 77.6 Å². The molecule has 4 heteroatoms. The summed E-state index contributed by atoms with van der Waals surface area (Å²) in [6.07, 6.45) is 11.5. The molecule has 1 atom stereocenters. The zero-order valence-corrected chi connectivity index (χ0v) is 12.8. The molecule has 1 heterocycles. The maximum atomic E-state index is 11.6. The average molecular weight is 283 g/mol. The lowest BCUT2D eigenvalue weighted by molar-refractivity contribution is -0.148. The minimum absolute atomic E-state index is 0.0111. The summed E-state index contributed by atoms with van der Waals surface area (Å²) in [6, 6.07) is -0.593. The molecule has 1 aliphatic rings. The molecule has 1 aliphatic heterocycles. The highest BCUT2D eigenvalue weighted by Crippen LogP contribution is 2.19. The van der Waals surface area contributed by atoms with Crippen molar-refractivity contribution in [3.63, 3.8) is 0 Å². The first-order valence-corrected chi connectivity index (χ1v) is 8.19. The lowest BCUT2D eigenvalue weighted by atomic mass is 10.0. The molecule has 1 fully saturated rings. The lowest BCUT2D eigenvalue weighted by Gasteiger charge is -2.24. The van der Waals surface area contributed by atoms with Crippen LogP contribution >= 0.6 is 0 Å². The first kappa shape index (κ1) is 17.0. The van der Waals surface area contributed by atoms with Gasteiger partial charge in [-0.1, -0.05) is 58.3 Å². The van der Waals surface area contributed by atoms with Crippen LogP contribution in [-0.2, 0) is 9.59 Å². The molecule has 1 amide bonds. The van der Waals surface area contributed by atoms with Crippen molar-refractivity contribution in [1.29, 1.82) is 0 Å². The zero-order chi connectivity index (χ0) is 14.8. The summed E-state index contributed by atoms with van der Waals surface area (Å²) in [6.45, 7) is 2.83. The van der Waals surface area contributed by atoms with Crippen molar-refractivity contribution < 1.29 is 14.7 Å². The number of rotatable bonds is 11. The smallest absolute Gasteiger partial charge is 0.326 e. The quantitative estimate of drug-likeness (QED) is 0.589. The van der Waals surface area contributed by atoms with Gasteiger partial charge >= 0.3 is 5.97 Å². The van der Waals surface area contributed by atoms with Crippen LogP contribution in [0, 0.1) is 0 Å². The third kappa shape index (κ3) is 5.93. The molecular weight excluding hydrogens is 254 g/mol. The number of carbonyl (C=O) groups excluding carboxylic acids is 1. The van der Waals surface area contributed by atoms with Crippen molar-refractivity contribution in [3.8, 4) is 0 Å². The van der Waals surface area contributed by atoms with Crippen molar-refractivity contribution in [1.82, 2.24) is 4.90 Å². The van der Waals surface area contributed by atoms with Gasteiger partial charge in [0, 0.05) is 13.0 Å². The Morgan fingerprint density at radius 1 is 1.15 bits per heavy atom. The van der Waals surface area contributed by atoms with Gasteiger partial charge in [-0.3, -0.25) is 4.79 Å². The fourth-order valence-corrected chi connectivity index (χ4v) is 2.88. The summed E-state index contributed by atoms with van der Waals surface area (Å²) in [5.74, 6) is -0.833. The van der Waals surface area contributed by atoms with E-state index in [4.69, 9.17) is 0 Å². The second-order valence-corrected chi connectivity index (χ2v) is 5.81. The van der Waals surface area contributed by atoms with E-state index in [0.717, 1.165) is 19.3 Å². The second kappa shape index (κ2) is 9.78. The highest BCUT2D eigenvalue weighted by atomic mass is 16.4. The number of likely N-dealkylation sites (tertiary alicyclic amines) is 1. The van der Waals surface area contributed by atoms with E-state index in [-0.39, 0.29) is 5.91 Å². The Labute approximate surface area is 122 Å². The fourth-order valence-electron chi connectivity index (χ4n) is 2.88. The zero-order valence-electron chi connectivity index (χ0n) is 12.8. The Morgan fingerprint density at radius 3 is 2.25 bits per heavy atom. The Bertz CT molecular complexity index is 304. The number of aliphatic carboxylic acids is 1. The number of carbonyl (C=O) groups is 2. The minimum Gasteiger partial charge on any atom is -0.480 e. The number of hydrogen-bond acceptors (Lipinski definition) is 2. The first-order chi connectivity index (χ1) is 9.66. The second-order valence-electron chi connectivity index (χ2n) is 5.81. The fraction of sp³-hybridized carbons (Fsp3) is 0.875. The van der Waals surface area contributed by atoms with E-state index in [1.807, 2.05) is 0 Å². The third-order valence-corrected chi connectivity index (χ3v) is 4.10. The highest BCUT2D eigenvalue weighted by Gasteiger charge is 2.31.